The van der Waals surface area contributed by atoms with Crippen LogP contribution in [-0.4, -0.2) is 24.9 Å². The molecule has 0 aliphatic heterocycles. The fourth-order valence-corrected chi connectivity index (χ4v) is 2.01. The third kappa shape index (κ3) is 6.08. The highest BCUT2D eigenvalue weighted by atomic mass is 16.5. The number of nitrogens with one attached hydrogen (secondary N) is 1. The monoisotopic (exact) mass is 265 g/mol. The number of hydrogen-bond donors (Lipinski definition) is 2. The number of aliphatic hydroxyl groups is 1. The van der Waals surface area contributed by atoms with E-state index in [1.807, 2.05) is 12.1 Å². The SMILES string of the molecule is CCCNC(C)c1ccccc1OCCCCCO. The number of hydrogen-bond acceptors (Lipinski definition) is 3. The lowest BCUT2D eigenvalue weighted by atomic mass is 10.1. The maximum Gasteiger partial charge on any atom is 0.124 e. The number of unbranched alkanes of at least 4 members (excludes halogenated alkanes) is 2. The predicted octanol–water partition coefficient (Wildman–Crippen LogP) is 3.29. The van der Waals surface area contributed by atoms with Gasteiger partial charge < -0.3 is 15.2 Å². The van der Waals surface area contributed by atoms with Gasteiger partial charge in [-0.25, -0.2) is 0 Å². The van der Waals surface area contributed by atoms with Gasteiger partial charge in [0.15, 0.2) is 0 Å². The molecule has 0 aliphatic carbocycles. The van der Waals surface area contributed by atoms with E-state index in [9.17, 15) is 0 Å². The first-order valence-electron chi connectivity index (χ1n) is 7.35. The Kier molecular flexibility index (Phi) is 8.26. The summed E-state index contributed by atoms with van der Waals surface area (Å²) in [7, 11) is 0. The maximum absolute atomic E-state index is 8.73. The van der Waals surface area contributed by atoms with Crippen molar-refractivity contribution in [3.05, 3.63) is 29.8 Å². The van der Waals surface area contributed by atoms with Gasteiger partial charge in [0.2, 0.25) is 0 Å². The molecule has 1 aromatic rings. The van der Waals surface area contributed by atoms with Gasteiger partial charge in [-0.2, -0.15) is 0 Å². The summed E-state index contributed by atoms with van der Waals surface area (Å²) in [5.74, 6) is 0.975. The van der Waals surface area contributed by atoms with Crippen molar-refractivity contribution in [2.75, 3.05) is 19.8 Å². The first-order chi connectivity index (χ1) is 9.29. The molecule has 19 heavy (non-hydrogen) atoms. The molecule has 3 heteroatoms. The van der Waals surface area contributed by atoms with Crippen LogP contribution in [0.25, 0.3) is 0 Å². The second kappa shape index (κ2) is 9.82. The number of ether oxygens (including phenoxy) is 1. The summed E-state index contributed by atoms with van der Waals surface area (Å²) in [6.45, 7) is 6.35. The predicted molar refractivity (Wildman–Crippen MR) is 79.6 cm³/mol. The summed E-state index contributed by atoms with van der Waals surface area (Å²) < 4.78 is 5.86. The van der Waals surface area contributed by atoms with E-state index in [1.54, 1.807) is 0 Å². The third-order valence-electron chi connectivity index (χ3n) is 3.15. The Balaban J connectivity index is 2.47. The normalized spacial score (nSPS) is 12.4. The molecule has 0 fully saturated rings. The topological polar surface area (TPSA) is 41.5 Å². The molecule has 0 saturated carbocycles. The molecule has 1 aromatic carbocycles. The Labute approximate surface area is 117 Å². The molecular weight excluding hydrogens is 238 g/mol. The fraction of sp³-hybridized carbons (Fsp3) is 0.625. The first kappa shape index (κ1) is 16.0. The van der Waals surface area contributed by atoms with Gasteiger partial charge in [0, 0.05) is 18.2 Å². The first-order valence-corrected chi connectivity index (χ1v) is 7.35. The minimum absolute atomic E-state index is 0.272. The lowest BCUT2D eigenvalue weighted by molar-refractivity contribution is 0.264. The minimum atomic E-state index is 0.272. The maximum atomic E-state index is 8.73. The molecule has 1 rings (SSSR count). The van der Waals surface area contributed by atoms with Crippen molar-refractivity contribution < 1.29 is 9.84 Å². The molecule has 1 atom stereocenters. The second-order valence-corrected chi connectivity index (χ2v) is 4.85. The van der Waals surface area contributed by atoms with Crippen molar-refractivity contribution in [3.63, 3.8) is 0 Å². The molecule has 0 radical (unpaired) electrons. The van der Waals surface area contributed by atoms with Crippen molar-refractivity contribution >= 4 is 0 Å². The van der Waals surface area contributed by atoms with Gasteiger partial charge in [0.05, 0.1) is 6.61 Å². The van der Waals surface area contributed by atoms with Crippen LogP contribution in [-0.2, 0) is 0 Å². The van der Waals surface area contributed by atoms with E-state index in [4.69, 9.17) is 9.84 Å². The van der Waals surface area contributed by atoms with Crippen molar-refractivity contribution in [1.82, 2.24) is 5.32 Å². The zero-order valence-corrected chi connectivity index (χ0v) is 12.2. The molecule has 0 saturated heterocycles. The van der Waals surface area contributed by atoms with Crippen molar-refractivity contribution in [2.24, 2.45) is 0 Å². The van der Waals surface area contributed by atoms with E-state index in [-0.39, 0.29) is 6.61 Å². The number of benzene rings is 1. The zero-order chi connectivity index (χ0) is 13.9. The third-order valence-corrected chi connectivity index (χ3v) is 3.15. The number of aliphatic hydroxyl groups excluding tert-OH is 1. The van der Waals surface area contributed by atoms with Crippen LogP contribution in [0.4, 0.5) is 0 Å². The molecule has 2 N–H and O–H groups in total. The van der Waals surface area contributed by atoms with Gasteiger partial charge in [-0.05, 0) is 45.2 Å². The van der Waals surface area contributed by atoms with Crippen LogP contribution >= 0.6 is 0 Å². The molecule has 0 amide bonds. The van der Waals surface area contributed by atoms with Crippen LogP contribution in [0.3, 0.4) is 0 Å². The molecule has 0 aliphatic rings. The van der Waals surface area contributed by atoms with E-state index < -0.39 is 0 Å². The summed E-state index contributed by atoms with van der Waals surface area (Å²) in [5.41, 5.74) is 1.22. The Morgan fingerprint density at radius 3 is 2.74 bits per heavy atom. The quantitative estimate of drug-likeness (QED) is 0.638. The van der Waals surface area contributed by atoms with Crippen molar-refractivity contribution in [3.8, 4) is 5.75 Å². The van der Waals surface area contributed by atoms with Crippen LogP contribution in [0, 0.1) is 0 Å². The van der Waals surface area contributed by atoms with Crippen molar-refractivity contribution in [2.45, 2.75) is 45.6 Å². The van der Waals surface area contributed by atoms with E-state index in [1.165, 1.54) is 5.56 Å². The Hall–Kier alpha value is -1.06. The average molecular weight is 265 g/mol. The Morgan fingerprint density at radius 2 is 2.00 bits per heavy atom. The van der Waals surface area contributed by atoms with Crippen LogP contribution in [0.5, 0.6) is 5.75 Å². The second-order valence-electron chi connectivity index (χ2n) is 4.85. The van der Waals surface area contributed by atoms with Gasteiger partial charge in [-0.1, -0.05) is 25.1 Å². The molecule has 0 bridgehead atoms. The zero-order valence-electron chi connectivity index (χ0n) is 12.2. The minimum Gasteiger partial charge on any atom is -0.493 e. The average Bonchev–Trinajstić information content (AvgIpc) is 2.45. The molecule has 0 spiro atoms. The molecule has 1 unspecified atom stereocenters. The van der Waals surface area contributed by atoms with Gasteiger partial charge in [0.1, 0.15) is 5.75 Å². The highest BCUT2D eigenvalue weighted by molar-refractivity contribution is 5.35. The summed E-state index contributed by atoms with van der Waals surface area (Å²) >= 11 is 0. The van der Waals surface area contributed by atoms with E-state index >= 15 is 0 Å². The molecule has 0 aromatic heterocycles. The molecule has 3 nitrogen and oxygen atoms in total. The highest BCUT2D eigenvalue weighted by Crippen LogP contribution is 2.24. The smallest absolute Gasteiger partial charge is 0.124 e. The molecular formula is C16H27NO2. The lowest BCUT2D eigenvalue weighted by Crippen LogP contribution is -2.20. The summed E-state index contributed by atoms with van der Waals surface area (Å²) in [6, 6.07) is 8.53. The Bertz CT molecular complexity index is 341. The van der Waals surface area contributed by atoms with Gasteiger partial charge in [0.25, 0.3) is 0 Å². The van der Waals surface area contributed by atoms with E-state index in [0.717, 1.165) is 44.6 Å². The molecule has 0 heterocycles. The number of para-hydroxylation sites is 1. The highest BCUT2D eigenvalue weighted by Gasteiger charge is 2.10. The Morgan fingerprint density at radius 1 is 1.21 bits per heavy atom. The summed E-state index contributed by atoms with van der Waals surface area (Å²) in [4.78, 5) is 0. The van der Waals surface area contributed by atoms with E-state index in [2.05, 4.69) is 31.3 Å². The van der Waals surface area contributed by atoms with Crippen molar-refractivity contribution in [1.29, 1.82) is 0 Å². The van der Waals surface area contributed by atoms with Crippen LogP contribution in [0.2, 0.25) is 0 Å². The van der Waals surface area contributed by atoms with Gasteiger partial charge in [-0.15, -0.1) is 0 Å². The standard InChI is InChI=1S/C16H27NO2/c1-3-11-17-14(2)15-9-5-6-10-16(15)19-13-8-4-7-12-18/h5-6,9-10,14,17-18H,3-4,7-8,11-13H2,1-2H3. The van der Waals surface area contributed by atoms with Gasteiger partial charge in [-0.3, -0.25) is 0 Å². The summed E-state index contributed by atoms with van der Waals surface area (Å²) in [5, 5.41) is 12.2. The lowest BCUT2D eigenvalue weighted by Gasteiger charge is -2.18. The summed E-state index contributed by atoms with van der Waals surface area (Å²) in [6.07, 6.45) is 4.00. The van der Waals surface area contributed by atoms with Crippen LogP contribution in [0.1, 0.15) is 51.1 Å². The van der Waals surface area contributed by atoms with Crippen LogP contribution in [0.15, 0.2) is 24.3 Å². The van der Waals surface area contributed by atoms with Crippen LogP contribution < -0.4 is 10.1 Å². The fourth-order valence-electron chi connectivity index (χ4n) is 2.01. The number of rotatable bonds is 10. The molecule has 108 valence electrons. The largest absolute Gasteiger partial charge is 0.493 e. The van der Waals surface area contributed by atoms with E-state index in [0.29, 0.717) is 6.04 Å². The van der Waals surface area contributed by atoms with Gasteiger partial charge >= 0.3 is 0 Å².